The number of hydrogen-bond donors (Lipinski definition) is 1. The fraction of sp³-hybridized carbons (Fsp3) is 0.400. The Morgan fingerprint density at radius 1 is 1.24 bits per heavy atom. The molecule has 0 fully saturated rings. The Morgan fingerprint density at radius 2 is 2.00 bits per heavy atom. The summed E-state index contributed by atoms with van der Waals surface area (Å²) in [5, 5.41) is 4.69. The highest BCUT2D eigenvalue weighted by atomic mass is 14.9. The summed E-state index contributed by atoms with van der Waals surface area (Å²) in [6, 6.07) is 11.0. The van der Waals surface area contributed by atoms with Crippen LogP contribution < -0.4 is 5.32 Å². The summed E-state index contributed by atoms with van der Waals surface area (Å²) in [5.41, 5.74) is 2.37. The molecule has 0 bridgehead atoms. The van der Waals surface area contributed by atoms with Gasteiger partial charge < -0.3 is 5.32 Å². The van der Waals surface area contributed by atoms with Crippen LogP contribution in [0.25, 0.3) is 10.9 Å². The molecule has 0 radical (unpaired) electrons. The topological polar surface area (TPSA) is 24.9 Å². The highest BCUT2D eigenvalue weighted by Gasteiger charge is 2.13. The van der Waals surface area contributed by atoms with E-state index in [2.05, 4.69) is 55.3 Å². The maximum absolute atomic E-state index is 4.52. The number of fused-ring (bicyclic) bond motifs is 1. The minimum absolute atomic E-state index is 0.475. The number of benzene rings is 1. The summed E-state index contributed by atoms with van der Waals surface area (Å²) in [5.74, 6) is 0.479. The van der Waals surface area contributed by atoms with Crippen molar-refractivity contribution < 1.29 is 0 Å². The Hall–Kier alpha value is -1.41. The smallest absolute Gasteiger partial charge is 0.0702 e. The van der Waals surface area contributed by atoms with E-state index in [0.717, 1.165) is 12.1 Å². The minimum Gasteiger partial charge on any atom is -0.314 e. The van der Waals surface area contributed by atoms with E-state index in [4.69, 9.17) is 0 Å². The first kappa shape index (κ1) is 12.1. The molecule has 0 amide bonds. The monoisotopic (exact) mass is 228 g/mol. The van der Waals surface area contributed by atoms with Gasteiger partial charge in [-0.2, -0.15) is 0 Å². The van der Waals surface area contributed by atoms with Crippen LogP contribution in [0, 0.1) is 0 Å². The minimum atomic E-state index is 0.475. The van der Waals surface area contributed by atoms with Crippen molar-refractivity contribution in [3.05, 3.63) is 42.1 Å². The van der Waals surface area contributed by atoms with Crippen molar-refractivity contribution in [3.63, 3.8) is 0 Å². The molecule has 90 valence electrons. The van der Waals surface area contributed by atoms with Crippen molar-refractivity contribution in [1.82, 2.24) is 10.3 Å². The molecule has 17 heavy (non-hydrogen) atoms. The van der Waals surface area contributed by atoms with Crippen LogP contribution in [0.4, 0.5) is 0 Å². The lowest BCUT2D eigenvalue weighted by molar-refractivity contribution is 0.494. The van der Waals surface area contributed by atoms with Gasteiger partial charge in [-0.05, 0) is 37.1 Å². The third kappa shape index (κ3) is 2.64. The predicted molar refractivity (Wildman–Crippen MR) is 73.3 cm³/mol. The molecule has 0 saturated carbocycles. The molecule has 1 N–H and O–H groups in total. The van der Waals surface area contributed by atoms with E-state index in [1.165, 1.54) is 10.9 Å². The zero-order valence-electron chi connectivity index (χ0n) is 10.8. The largest absolute Gasteiger partial charge is 0.314 e. The maximum atomic E-state index is 4.52. The first-order chi connectivity index (χ1) is 8.22. The van der Waals surface area contributed by atoms with Gasteiger partial charge in [0.15, 0.2) is 0 Å². The molecule has 2 rings (SSSR count). The van der Waals surface area contributed by atoms with Gasteiger partial charge >= 0.3 is 0 Å². The molecule has 0 aliphatic carbocycles. The third-order valence-corrected chi connectivity index (χ3v) is 3.41. The number of hydrogen-bond acceptors (Lipinski definition) is 2. The lowest BCUT2D eigenvalue weighted by atomic mass is 9.95. The van der Waals surface area contributed by atoms with E-state index in [-0.39, 0.29) is 0 Å². The van der Waals surface area contributed by atoms with Crippen LogP contribution in [0.3, 0.4) is 0 Å². The van der Waals surface area contributed by atoms with Crippen LogP contribution in [0.2, 0.25) is 0 Å². The van der Waals surface area contributed by atoms with Crippen LogP contribution >= 0.6 is 0 Å². The lowest BCUT2D eigenvalue weighted by Crippen LogP contribution is -2.30. The quantitative estimate of drug-likeness (QED) is 0.868. The summed E-state index contributed by atoms with van der Waals surface area (Å²) in [4.78, 5) is 4.52. The molecule has 2 unspecified atom stereocenters. The van der Waals surface area contributed by atoms with E-state index in [0.29, 0.717) is 12.0 Å². The molecule has 0 saturated heterocycles. The van der Waals surface area contributed by atoms with Gasteiger partial charge in [-0.1, -0.05) is 32.0 Å². The van der Waals surface area contributed by atoms with Gasteiger partial charge in [-0.25, -0.2) is 0 Å². The van der Waals surface area contributed by atoms with E-state index >= 15 is 0 Å². The predicted octanol–water partition coefficient (Wildman–Crippen LogP) is 3.34. The SMILES string of the molecule is CCNC(C)C(C)c1cnc2ccccc2c1. The molecule has 0 spiro atoms. The Kier molecular flexibility index (Phi) is 3.75. The summed E-state index contributed by atoms with van der Waals surface area (Å²) in [7, 11) is 0. The Labute approximate surface area is 103 Å². The number of nitrogens with one attached hydrogen (secondary N) is 1. The molecule has 0 aliphatic heterocycles. The van der Waals surface area contributed by atoms with Crippen molar-refractivity contribution in [2.75, 3.05) is 6.54 Å². The molecular formula is C15H20N2. The summed E-state index contributed by atoms with van der Waals surface area (Å²) in [6.07, 6.45) is 2.00. The van der Waals surface area contributed by atoms with Crippen molar-refractivity contribution in [2.24, 2.45) is 0 Å². The fourth-order valence-corrected chi connectivity index (χ4v) is 2.12. The van der Waals surface area contributed by atoms with Gasteiger partial charge in [0.25, 0.3) is 0 Å². The third-order valence-electron chi connectivity index (χ3n) is 3.41. The van der Waals surface area contributed by atoms with Crippen LogP contribution in [0.15, 0.2) is 36.5 Å². The van der Waals surface area contributed by atoms with Crippen LogP contribution in [-0.2, 0) is 0 Å². The fourth-order valence-electron chi connectivity index (χ4n) is 2.12. The van der Waals surface area contributed by atoms with Gasteiger partial charge in [0.1, 0.15) is 0 Å². The molecule has 2 aromatic rings. The van der Waals surface area contributed by atoms with E-state index in [1.807, 2.05) is 12.3 Å². The van der Waals surface area contributed by atoms with Crippen molar-refractivity contribution in [1.29, 1.82) is 0 Å². The normalized spacial score (nSPS) is 14.8. The number of pyridine rings is 1. The highest BCUT2D eigenvalue weighted by molar-refractivity contribution is 5.78. The number of para-hydroxylation sites is 1. The molecule has 2 heteroatoms. The summed E-state index contributed by atoms with van der Waals surface area (Å²) in [6.45, 7) is 7.62. The van der Waals surface area contributed by atoms with Crippen LogP contribution in [0.1, 0.15) is 32.3 Å². The summed E-state index contributed by atoms with van der Waals surface area (Å²) < 4.78 is 0. The first-order valence-electron chi connectivity index (χ1n) is 6.30. The van der Waals surface area contributed by atoms with Crippen molar-refractivity contribution in [2.45, 2.75) is 32.7 Å². The molecule has 0 aliphatic rings. The Balaban J connectivity index is 2.29. The zero-order valence-corrected chi connectivity index (χ0v) is 10.8. The van der Waals surface area contributed by atoms with Gasteiger partial charge in [0.2, 0.25) is 0 Å². The van der Waals surface area contributed by atoms with Gasteiger partial charge in [0, 0.05) is 17.6 Å². The maximum Gasteiger partial charge on any atom is 0.0702 e. The molecular weight excluding hydrogens is 208 g/mol. The molecule has 2 nitrogen and oxygen atoms in total. The first-order valence-corrected chi connectivity index (χ1v) is 6.30. The lowest BCUT2D eigenvalue weighted by Gasteiger charge is -2.21. The standard InChI is InChI=1S/C15H20N2/c1-4-16-12(3)11(2)14-9-13-7-5-6-8-15(13)17-10-14/h5-12,16H,4H2,1-3H3. The second-order valence-corrected chi connectivity index (χ2v) is 4.60. The number of rotatable bonds is 4. The average Bonchev–Trinajstić information content (AvgIpc) is 2.37. The van der Waals surface area contributed by atoms with Crippen LogP contribution in [0.5, 0.6) is 0 Å². The zero-order chi connectivity index (χ0) is 12.3. The van der Waals surface area contributed by atoms with E-state index < -0.39 is 0 Å². The average molecular weight is 228 g/mol. The number of aromatic nitrogens is 1. The van der Waals surface area contributed by atoms with E-state index in [1.54, 1.807) is 0 Å². The van der Waals surface area contributed by atoms with Crippen LogP contribution in [-0.4, -0.2) is 17.6 Å². The van der Waals surface area contributed by atoms with E-state index in [9.17, 15) is 0 Å². The number of nitrogens with zero attached hydrogens (tertiary/aromatic N) is 1. The van der Waals surface area contributed by atoms with Crippen molar-refractivity contribution in [3.8, 4) is 0 Å². The molecule has 1 aromatic carbocycles. The molecule has 2 atom stereocenters. The summed E-state index contributed by atoms with van der Waals surface area (Å²) >= 11 is 0. The second-order valence-electron chi connectivity index (χ2n) is 4.60. The van der Waals surface area contributed by atoms with Gasteiger partial charge in [-0.3, -0.25) is 4.98 Å². The molecule has 1 heterocycles. The highest BCUT2D eigenvalue weighted by Crippen LogP contribution is 2.22. The Morgan fingerprint density at radius 3 is 2.76 bits per heavy atom. The number of likely N-dealkylation sites (N-methyl/N-ethyl adjacent to an activating group) is 1. The van der Waals surface area contributed by atoms with Gasteiger partial charge in [-0.15, -0.1) is 0 Å². The Bertz CT molecular complexity index is 493. The second kappa shape index (κ2) is 5.28. The van der Waals surface area contributed by atoms with Crippen molar-refractivity contribution >= 4 is 10.9 Å². The van der Waals surface area contributed by atoms with Gasteiger partial charge in [0.05, 0.1) is 5.52 Å². The molecule has 1 aromatic heterocycles.